The van der Waals surface area contributed by atoms with E-state index in [1.54, 1.807) is 18.3 Å². The Hall–Kier alpha value is -3.55. The summed E-state index contributed by atoms with van der Waals surface area (Å²) in [4.78, 5) is 31.9. The number of nitrogens with zero attached hydrogens (tertiary/aromatic N) is 3. The second-order valence-electron chi connectivity index (χ2n) is 5.55. The Morgan fingerprint density at radius 1 is 1.08 bits per heavy atom. The molecule has 8 heteroatoms. The minimum absolute atomic E-state index is 0.125. The van der Waals surface area contributed by atoms with Crippen LogP contribution < -0.4 is 10.6 Å². The summed E-state index contributed by atoms with van der Waals surface area (Å²) < 4.78 is 5.00. The van der Waals surface area contributed by atoms with Crippen molar-refractivity contribution in [1.29, 1.82) is 0 Å². The summed E-state index contributed by atoms with van der Waals surface area (Å²) in [6, 6.07) is 10.9. The normalized spacial score (nSPS) is 10.3. The molecule has 3 aromatic rings. The van der Waals surface area contributed by atoms with Gasteiger partial charge in [0.2, 0.25) is 5.82 Å². The van der Waals surface area contributed by atoms with Gasteiger partial charge in [0.1, 0.15) is 0 Å². The number of hydrogen-bond donors (Lipinski definition) is 2. The average molecular weight is 351 g/mol. The molecule has 0 saturated heterocycles. The number of benzene rings is 1. The van der Waals surface area contributed by atoms with Crippen LogP contribution in [0.3, 0.4) is 0 Å². The first-order valence-corrected chi connectivity index (χ1v) is 8.00. The molecule has 0 spiro atoms. The molecule has 0 aliphatic heterocycles. The highest BCUT2D eigenvalue weighted by Gasteiger charge is 2.15. The van der Waals surface area contributed by atoms with E-state index in [1.807, 2.05) is 31.2 Å². The van der Waals surface area contributed by atoms with Crippen LogP contribution in [-0.4, -0.2) is 40.0 Å². The number of amides is 2. The van der Waals surface area contributed by atoms with Crippen molar-refractivity contribution >= 4 is 11.8 Å². The summed E-state index contributed by atoms with van der Waals surface area (Å²) in [6.07, 6.45) is 3.06. The predicted octanol–water partition coefficient (Wildman–Crippen LogP) is 1.60. The van der Waals surface area contributed by atoms with Crippen molar-refractivity contribution in [3.63, 3.8) is 0 Å². The first-order valence-electron chi connectivity index (χ1n) is 8.00. The highest BCUT2D eigenvalue weighted by atomic mass is 16.5. The van der Waals surface area contributed by atoms with Gasteiger partial charge in [-0.2, -0.15) is 4.98 Å². The van der Waals surface area contributed by atoms with Crippen molar-refractivity contribution < 1.29 is 14.1 Å². The molecule has 3 rings (SSSR count). The molecule has 2 N–H and O–H groups in total. The van der Waals surface area contributed by atoms with E-state index in [4.69, 9.17) is 4.52 Å². The Morgan fingerprint density at radius 2 is 1.88 bits per heavy atom. The molecule has 1 aromatic carbocycles. The zero-order chi connectivity index (χ0) is 18.4. The van der Waals surface area contributed by atoms with Crippen LogP contribution >= 0.6 is 0 Å². The second-order valence-corrected chi connectivity index (χ2v) is 5.55. The van der Waals surface area contributed by atoms with Gasteiger partial charge in [-0.05, 0) is 25.1 Å². The number of hydrogen-bond acceptors (Lipinski definition) is 6. The molecule has 8 nitrogen and oxygen atoms in total. The van der Waals surface area contributed by atoms with Gasteiger partial charge in [0.05, 0.1) is 5.56 Å². The molecule has 26 heavy (non-hydrogen) atoms. The van der Waals surface area contributed by atoms with Crippen molar-refractivity contribution in [2.45, 2.75) is 6.92 Å². The number of carbonyl (C=O) groups excluding carboxylic acids is 2. The third-order valence-corrected chi connectivity index (χ3v) is 3.52. The van der Waals surface area contributed by atoms with Crippen LogP contribution in [0.5, 0.6) is 0 Å². The molecule has 0 aliphatic carbocycles. The van der Waals surface area contributed by atoms with Crippen LogP contribution in [0, 0.1) is 6.92 Å². The summed E-state index contributed by atoms with van der Waals surface area (Å²) in [5.74, 6) is -0.525. The van der Waals surface area contributed by atoms with Crippen molar-refractivity contribution in [2.24, 2.45) is 0 Å². The van der Waals surface area contributed by atoms with Crippen molar-refractivity contribution in [3.8, 4) is 11.4 Å². The van der Waals surface area contributed by atoms with Gasteiger partial charge in [-0.15, -0.1) is 0 Å². The second kappa shape index (κ2) is 8.02. The van der Waals surface area contributed by atoms with Gasteiger partial charge < -0.3 is 15.2 Å². The molecule has 2 amide bonds. The number of nitrogens with one attached hydrogen (secondary N) is 2. The number of pyridine rings is 1. The highest BCUT2D eigenvalue weighted by Crippen LogP contribution is 2.16. The van der Waals surface area contributed by atoms with E-state index in [-0.39, 0.29) is 24.9 Å². The van der Waals surface area contributed by atoms with E-state index in [0.717, 1.165) is 11.1 Å². The highest BCUT2D eigenvalue weighted by molar-refractivity contribution is 5.94. The smallest absolute Gasteiger partial charge is 0.316 e. The molecule has 2 heterocycles. The molecule has 0 radical (unpaired) electrons. The minimum atomic E-state index is -0.493. The van der Waals surface area contributed by atoms with Gasteiger partial charge in [-0.25, -0.2) is 0 Å². The molecule has 132 valence electrons. The van der Waals surface area contributed by atoms with E-state index in [0.29, 0.717) is 11.4 Å². The van der Waals surface area contributed by atoms with E-state index in [1.165, 1.54) is 6.20 Å². The largest absolute Gasteiger partial charge is 0.350 e. The first kappa shape index (κ1) is 17.3. The lowest BCUT2D eigenvalue weighted by Crippen LogP contribution is -2.34. The average Bonchev–Trinajstić information content (AvgIpc) is 3.16. The summed E-state index contributed by atoms with van der Waals surface area (Å²) in [7, 11) is 0. The standard InChI is InChI=1S/C18H17N5O3/c1-12-4-2-5-13(10-12)15-22-18(26-23-15)17(25)21-9-8-20-16(24)14-6-3-7-19-11-14/h2-7,10-11H,8-9H2,1H3,(H,20,24)(H,21,25). The molecule has 2 aromatic heterocycles. The van der Waals surface area contributed by atoms with Crippen LogP contribution in [-0.2, 0) is 0 Å². The van der Waals surface area contributed by atoms with Gasteiger partial charge in [-0.3, -0.25) is 14.6 Å². The summed E-state index contributed by atoms with van der Waals surface area (Å²) in [6.45, 7) is 2.45. The number of aromatic nitrogens is 3. The maximum absolute atomic E-state index is 12.0. The quantitative estimate of drug-likeness (QED) is 0.653. The van der Waals surface area contributed by atoms with Gasteiger partial charge in [0, 0.05) is 31.0 Å². The number of rotatable bonds is 6. The van der Waals surface area contributed by atoms with E-state index in [2.05, 4.69) is 25.8 Å². The molecule has 0 aliphatic rings. The summed E-state index contributed by atoms with van der Waals surface area (Å²) in [5.41, 5.74) is 2.29. The fourth-order valence-electron chi connectivity index (χ4n) is 2.24. The summed E-state index contributed by atoms with van der Waals surface area (Å²) >= 11 is 0. The summed E-state index contributed by atoms with van der Waals surface area (Å²) in [5, 5.41) is 9.12. The van der Waals surface area contributed by atoms with Gasteiger partial charge in [-0.1, -0.05) is 28.9 Å². The van der Waals surface area contributed by atoms with E-state index < -0.39 is 5.91 Å². The van der Waals surface area contributed by atoms with Gasteiger partial charge in [0.15, 0.2) is 0 Å². The Morgan fingerprint density at radius 3 is 2.62 bits per heavy atom. The van der Waals surface area contributed by atoms with Crippen LogP contribution in [0.2, 0.25) is 0 Å². The maximum atomic E-state index is 12.0. The molecule has 0 fully saturated rings. The third-order valence-electron chi connectivity index (χ3n) is 3.52. The van der Waals surface area contributed by atoms with Crippen molar-refractivity contribution in [1.82, 2.24) is 25.8 Å². The lowest BCUT2D eigenvalue weighted by molar-refractivity contribution is 0.0898. The maximum Gasteiger partial charge on any atom is 0.316 e. The Kier molecular flexibility index (Phi) is 5.33. The van der Waals surface area contributed by atoms with Crippen LogP contribution in [0.1, 0.15) is 26.6 Å². The Labute approximate surface area is 149 Å². The molecule has 0 unspecified atom stereocenters. The van der Waals surface area contributed by atoms with E-state index >= 15 is 0 Å². The third kappa shape index (κ3) is 4.29. The molecular weight excluding hydrogens is 334 g/mol. The minimum Gasteiger partial charge on any atom is -0.350 e. The lowest BCUT2D eigenvalue weighted by atomic mass is 10.1. The molecule has 0 atom stereocenters. The predicted molar refractivity (Wildman–Crippen MR) is 93.4 cm³/mol. The van der Waals surface area contributed by atoms with E-state index in [9.17, 15) is 9.59 Å². The monoisotopic (exact) mass is 351 g/mol. The lowest BCUT2D eigenvalue weighted by Gasteiger charge is -2.05. The number of aryl methyl sites for hydroxylation is 1. The zero-order valence-electron chi connectivity index (χ0n) is 14.1. The Bertz CT molecular complexity index is 908. The number of carbonyl (C=O) groups is 2. The van der Waals surface area contributed by atoms with Crippen molar-refractivity contribution in [3.05, 3.63) is 65.8 Å². The van der Waals surface area contributed by atoms with Crippen LogP contribution in [0.15, 0.2) is 53.3 Å². The zero-order valence-corrected chi connectivity index (χ0v) is 14.1. The van der Waals surface area contributed by atoms with Crippen molar-refractivity contribution in [2.75, 3.05) is 13.1 Å². The SMILES string of the molecule is Cc1cccc(-c2noc(C(=O)NCCNC(=O)c3cccnc3)n2)c1. The van der Waals surface area contributed by atoms with Crippen LogP contribution in [0.25, 0.3) is 11.4 Å². The first-order chi connectivity index (χ1) is 12.6. The molecule has 0 bridgehead atoms. The molecule has 0 saturated carbocycles. The molecular formula is C18H17N5O3. The fourth-order valence-corrected chi connectivity index (χ4v) is 2.24. The van der Waals surface area contributed by atoms with Gasteiger partial charge in [0.25, 0.3) is 5.91 Å². The Balaban J connectivity index is 1.49. The van der Waals surface area contributed by atoms with Crippen LogP contribution in [0.4, 0.5) is 0 Å². The topological polar surface area (TPSA) is 110 Å². The van der Waals surface area contributed by atoms with Gasteiger partial charge >= 0.3 is 11.8 Å². The fraction of sp³-hybridized carbons (Fsp3) is 0.167.